The second-order valence-corrected chi connectivity index (χ2v) is 5.25. The normalized spacial score (nSPS) is 15.5. The van der Waals surface area contributed by atoms with Crippen LogP contribution in [0.2, 0.25) is 0 Å². The molecule has 8 heteroatoms. The second kappa shape index (κ2) is 7.93. The van der Waals surface area contributed by atoms with Gasteiger partial charge in [0.15, 0.2) is 5.84 Å². The molecular formula is C18H14FN5O2. The summed E-state index contributed by atoms with van der Waals surface area (Å²) < 4.78 is 18.5. The van der Waals surface area contributed by atoms with Crippen LogP contribution in [-0.2, 0) is 6.61 Å². The molecule has 1 heterocycles. The van der Waals surface area contributed by atoms with E-state index in [1.165, 1.54) is 18.3 Å². The van der Waals surface area contributed by atoms with Crippen molar-refractivity contribution in [2.24, 2.45) is 20.4 Å². The first-order valence-corrected chi connectivity index (χ1v) is 7.60. The fourth-order valence-electron chi connectivity index (χ4n) is 1.98. The molecule has 1 aliphatic rings. The summed E-state index contributed by atoms with van der Waals surface area (Å²) in [4.78, 5) is 11.1. The quantitative estimate of drug-likeness (QED) is 0.655. The largest absolute Gasteiger partial charge is 0.489 e. The van der Waals surface area contributed by atoms with E-state index in [-0.39, 0.29) is 17.3 Å². The number of azo groups is 1. The van der Waals surface area contributed by atoms with Crippen molar-refractivity contribution in [1.82, 2.24) is 5.32 Å². The Kier molecular flexibility index (Phi) is 5.23. The second-order valence-electron chi connectivity index (χ2n) is 5.25. The molecule has 0 aromatic heterocycles. The monoisotopic (exact) mass is 351 g/mol. The van der Waals surface area contributed by atoms with Gasteiger partial charge in [0.2, 0.25) is 0 Å². The Bertz CT molecular complexity index is 902. The molecule has 1 aliphatic heterocycles. The van der Waals surface area contributed by atoms with Gasteiger partial charge in [-0.1, -0.05) is 23.8 Å². The Morgan fingerprint density at radius 3 is 2.58 bits per heavy atom. The molecule has 130 valence electrons. The smallest absolute Gasteiger partial charge is 0.365 e. The lowest BCUT2D eigenvalue weighted by atomic mass is 10.2. The van der Waals surface area contributed by atoms with Gasteiger partial charge in [0.05, 0.1) is 6.21 Å². The van der Waals surface area contributed by atoms with Crippen LogP contribution in [0.3, 0.4) is 0 Å². The van der Waals surface area contributed by atoms with Gasteiger partial charge in [-0.3, -0.25) is 5.32 Å². The van der Waals surface area contributed by atoms with E-state index in [9.17, 15) is 9.18 Å². The Hall–Kier alpha value is -3.68. The fraction of sp³-hybridized carbons (Fsp3) is 0.0556. The van der Waals surface area contributed by atoms with E-state index >= 15 is 0 Å². The highest BCUT2D eigenvalue weighted by Crippen LogP contribution is 2.14. The summed E-state index contributed by atoms with van der Waals surface area (Å²) in [5, 5.41) is 17.0. The molecule has 0 fully saturated rings. The number of carbonyl (C=O) groups excluding carboxylic acids is 1. The number of ether oxygens (including phenoxy) is 1. The molecule has 2 amide bonds. The van der Waals surface area contributed by atoms with Crippen molar-refractivity contribution in [3.05, 3.63) is 77.8 Å². The van der Waals surface area contributed by atoms with Gasteiger partial charge in [-0.05, 0) is 47.5 Å². The van der Waals surface area contributed by atoms with Crippen molar-refractivity contribution in [1.29, 1.82) is 0 Å². The van der Waals surface area contributed by atoms with Gasteiger partial charge >= 0.3 is 6.03 Å². The minimum Gasteiger partial charge on any atom is -0.489 e. The average Bonchev–Trinajstić information content (AvgIpc) is 2.65. The van der Waals surface area contributed by atoms with E-state index in [1.807, 2.05) is 0 Å². The first-order valence-electron chi connectivity index (χ1n) is 7.60. The summed E-state index contributed by atoms with van der Waals surface area (Å²) in [6, 6.07) is 12.7. The van der Waals surface area contributed by atoms with Gasteiger partial charge < -0.3 is 4.74 Å². The van der Waals surface area contributed by atoms with Crippen LogP contribution in [0, 0.1) is 5.82 Å². The fourth-order valence-corrected chi connectivity index (χ4v) is 1.98. The molecular weight excluding hydrogens is 337 g/mol. The first kappa shape index (κ1) is 17.2. The van der Waals surface area contributed by atoms with Crippen molar-refractivity contribution in [2.75, 3.05) is 0 Å². The Balaban J connectivity index is 1.57. The number of benzene rings is 2. The van der Waals surface area contributed by atoms with E-state index < -0.39 is 6.03 Å². The number of amidine groups is 1. The highest BCUT2D eigenvalue weighted by molar-refractivity contribution is 6.08. The van der Waals surface area contributed by atoms with E-state index in [0.717, 1.165) is 11.1 Å². The molecule has 0 spiro atoms. The van der Waals surface area contributed by atoms with Gasteiger partial charge in [-0.25, -0.2) is 9.18 Å². The third kappa shape index (κ3) is 4.67. The van der Waals surface area contributed by atoms with Crippen molar-refractivity contribution < 1.29 is 13.9 Å². The molecule has 7 nitrogen and oxygen atoms in total. The molecule has 2 aromatic carbocycles. The summed E-state index contributed by atoms with van der Waals surface area (Å²) in [6.45, 7) is 3.95. The topological polar surface area (TPSA) is 87.8 Å². The van der Waals surface area contributed by atoms with E-state index in [4.69, 9.17) is 4.74 Å². The highest BCUT2D eigenvalue weighted by Gasteiger charge is 2.13. The number of hydrogen-bond acceptors (Lipinski definition) is 5. The lowest BCUT2D eigenvalue weighted by Crippen LogP contribution is -2.31. The van der Waals surface area contributed by atoms with E-state index in [2.05, 4.69) is 32.3 Å². The third-order valence-electron chi connectivity index (χ3n) is 3.32. The minimum atomic E-state index is -0.617. The summed E-state index contributed by atoms with van der Waals surface area (Å²) >= 11 is 0. The molecule has 0 radical (unpaired) electrons. The number of nitrogens with one attached hydrogen (secondary N) is 1. The molecule has 0 saturated carbocycles. The van der Waals surface area contributed by atoms with Gasteiger partial charge in [-0.15, -0.1) is 10.2 Å². The van der Waals surface area contributed by atoms with Crippen LogP contribution in [0.4, 0.5) is 9.18 Å². The summed E-state index contributed by atoms with van der Waals surface area (Å²) in [6.07, 6.45) is 1.52. The van der Waals surface area contributed by atoms with Crippen molar-refractivity contribution in [3.63, 3.8) is 0 Å². The Morgan fingerprint density at radius 1 is 1.12 bits per heavy atom. The van der Waals surface area contributed by atoms with Gasteiger partial charge in [0.1, 0.15) is 23.9 Å². The Morgan fingerprint density at radius 2 is 1.85 bits per heavy atom. The SMILES string of the molecule is C=C1N=NC(=O)N/C1=N/N=C/c1ccc(OCc2ccc(F)cc2)cc1. The summed E-state index contributed by atoms with van der Waals surface area (Å²) in [5.41, 5.74) is 1.89. The van der Waals surface area contributed by atoms with Gasteiger partial charge in [-0.2, -0.15) is 5.10 Å². The first-order chi connectivity index (χ1) is 12.6. The van der Waals surface area contributed by atoms with Gasteiger partial charge in [0, 0.05) is 0 Å². The number of halogens is 1. The zero-order chi connectivity index (χ0) is 18.4. The maximum absolute atomic E-state index is 12.9. The number of carbonyl (C=O) groups is 1. The summed E-state index contributed by atoms with van der Waals surface area (Å²) in [5.74, 6) is 0.548. The molecule has 2 aromatic rings. The van der Waals surface area contributed by atoms with Crippen molar-refractivity contribution >= 4 is 18.1 Å². The average molecular weight is 351 g/mol. The number of hydrogen-bond donors (Lipinski definition) is 1. The lowest BCUT2D eigenvalue weighted by molar-refractivity contribution is 0.251. The van der Waals surface area contributed by atoms with Crippen LogP contribution in [-0.4, -0.2) is 18.1 Å². The predicted octanol–water partition coefficient (Wildman–Crippen LogP) is 3.83. The minimum absolute atomic E-state index is 0.153. The van der Waals surface area contributed by atoms with Crippen molar-refractivity contribution in [2.45, 2.75) is 6.61 Å². The molecule has 0 unspecified atom stereocenters. The standard InChI is InChI=1S/C18H14FN5O2/c1-12-17(21-18(25)24-22-12)23-20-10-13-4-8-16(9-5-13)26-11-14-2-6-15(19)7-3-14/h2-10H,1,11H2,(H,21,23,25)/b20-10+. The van der Waals surface area contributed by atoms with Crippen LogP contribution in [0.15, 0.2) is 81.2 Å². The molecule has 1 N–H and O–H groups in total. The number of urea groups is 1. The molecule has 0 aliphatic carbocycles. The number of nitrogens with zero attached hydrogens (tertiary/aromatic N) is 4. The predicted molar refractivity (Wildman–Crippen MR) is 94.7 cm³/mol. The van der Waals surface area contributed by atoms with Crippen LogP contribution in [0.5, 0.6) is 5.75 Å². The highest BCUT2D eigenvalue weighted by atomic mass is 19.1. The van der Waals surface area contributed by atoms with Crippen LogP contribution in [0.1, 0.15) is 11.1 Å². The molecule has 0 saturated heterocycles. The zero-order valence-electron chi connectivity index (χ0n) is 13.6. The number of rotatable bonds is 5. The van der Waals surface area contributed by atoms with Gasteiger partial charge in [0.25, 0.3) is 0 Å². The summed E-state index contributed by atoms with van der Waals surface area (Å²) in [7, 11) is 0. The lowest BCUT2D eigenvalue weighted by Gasteiger charge is -2.07. The zero-order valence-corrected chi connectivity index (χ0v) is 13.6. The third-order valence-corrected chi connectivity index (χ3v) is 3.32. The Labute approximate surface area is 148 Å². The maximum atomic E-state index is 12.9. The molecule has 3 rings (SSSR count). The van der Waals surface area contributed by atoms with Crippen molar-refractivity contribution in [3.8, 4) is 5.75 Å². The number of amides is 2. The maximum Gasteiger partial charge on any atom is 0.365 e. The van der Waals surface area contributed by atoms with Crippen LogP contribution in [0.25, 0.3) is 0 Å². The molecule has 26 heavy (non-hydrogen) atoms. The van der Waals surface area contributed by atoms with E-state index in [0.29, 0.717) is 12.4 Å². The van der Waals surface area contributed by atoms with Crippen LogP contribution < -0.4 is 10.1 Å². The van der Waals surface area contributed by atoms with Crippen LogP contribution >= 0.6 is 0 Å². The molecule has 0 bridgehead atoms. The molecule has 0 atom stereocenters. The van der Waals surface area contributed by atoms with E-state index in [1.54, 1.807) is 36.4 Å².